The molecule has 2 N–H and O–H groups in total. The minimum atomic E-state index is -1.93. The van der Waals surface area contributed by atoms with Crippen molar-refractivity contribution < 1.29 is 8.85 Å². The van der Waals surface area contributed by atoms with Gasteiger partial charge in [-0.15, -0.1) is 0 Å². The Bertz CT molecular complexity index is 597. The van der Waals surface area contributed by atoms with Crippen LogP contribution in [0.4, 0.5) is 11.4 Å². The quantitative estimate of drug-likeness (QED) is 0.297. The van der Waals surface area contributed by atoms with E-state index in [1.54, 1.807) is 0 Å². The molecular formula is C22H44N2O2Si2. The van der Waals surface area contributed by atoms with Crippen LogP contribution in [0.2, 0.25) is 36.3 Å². The number of benzene rings is 1. The van der Waals surface area contributed by atoms with E-state index >= 15 is 0 Å². The van der Waals surface area contributed by atoms with E-state index in [0.717, 1.165) is 11.4 Å². The van der Waals surface area contributed by atoms with E-state index in [-0.39, 0.29) is 22.5 Å². The SMILES string of the molecule is CC(O[Si](C)(C)C(C)(C)C)N(c1ccc(N)cc1)C(C)O[Si](C)(C)C(C)(C)C. The van der Waals surface area contributed by atoms with Gasteiger partial charge in [-0.1, -0.05) is 41.5 Å². The molecule has 0 radical (unpaired) electrons. The highest BCUT2D eigenvalue weighted by atomic mass is 28.4. The molecule has 162 valence electrons. The molecule has 1 aromatic carbocycles. The minimum Gasteiger partial charge on any atom is -0.399 e. The van der Waals surface area contributed by atoms with Crippen LogP contribution in [0.3, 0.4) is 0 Å². The summed E-state index contributed by atoms with van der Waals surface area (Å²) in [5.74, 6) is 0. The summed E-state index contributed by atoms with van der Waals surface area (Å²) >= 11 is 0. The van der Waals surface area contributed by atoms with Gasteiger partial charge in [0.15, 0.2) is 16.6 Å². The zero-order chi connectivity index (χ0) is 22.1. The Morgan fingerprint density at radius 3 is 1.36 bits per heavy atom. The van der Waals surface area contributed by atoms with Gasteiger partial charge in [-0.25, -0.2) is 0 Å². The van der Waals surface area contributed by atoms with Crippen LogP contribution in [0.25, 0.3) is 0 Å². The normalized spacial score (nSPS) is 16.0. The Kier molecular flexibility index (Phi) is 7.65. The Morgan fingerprint density at radius 2 is 1.07 bits per heavy atom. The fraction of sp³-hybridized carbons (Fsp3) is 0.727. The molecule has 0 aromatic heterocycles. The number of nitrogens with zero attached hydrogens (tertiary/aromatic N) is 1. The van der Waals surface area contributed by atoms with Gasteiger partial charge >= 0.3 is 0 Å². The largest absolute Gasteiger partial charge is 0.399 e. The molecule has 0 amide bonds. The molecule has 0 heterocycles. The van der Waals surface area contributed by atoms with Gasteiger partial charge in [0, 0.05) is 11.4 Å². The summed E-state index contributed by atoms with van der Waals surface area (Å²) in [5.41, 5.74) is 7.77. The summed E-state index contributed by atoms with van der Waals surface area (Å²) in [6, 6.07) is 8.01. The molecule has 0 aliphatic rings. The van der Waals surface area contributed by atoms with E-state index in [4.69, 9.17) is 14.6 Å². The molecule has 28 heavy (non-hydrogen) atoms. The smallest absolute Gasteiger partial charge is 0.194 e. The van der Waals surface area contributed by atoms with E-state index in [9.17, 15) is 0 Å². The van der Waals surface area contributed by atoms with Crippen LogP contribution in [0.5, 0.6) is 0 Å². The van der Waals surface area contributed by atoms with Crippen molar-refractivity contribution in [3.63, 3.8) is 0 Å². The van der Waals surface area contributed by atoms with Crippen molar-refractivity contribution in [2.24, 2.45) is 0 Å². The number of nitrogens with two attached hydrogens (primary N) is 1. The number of nitrogen functional groups attached to an aromatic ring is 1. The third kappa shape index (κ3) is 6.08. The lowest BCUT2D eigenvalue weighted by molar-refractivity contribution is 0.115. The average Bonchev–Trinajstić information content (AvgIpc) is 2.46. The summed E-state index contributed by atoms with van der Waals surface area (Å²) in [6.07, 6.45) is -0.187. The molecule has 0 spiro atoms. The lowest BCUT2D eigenvalue weighted by Gasteiger charge is -2.47. The molecule has 4 nitrogen and oxygen atoms in total. The van der Waals surface area contributed by atoms with E-state index in [1.165, 1.54) is 0 Å². The van der Waals surface area contributed by atoms with Gasteiger partial charge in [-0.3, -0.25) is 0 Å². The fourth-order valence-electron chi connectivity index (χ4n) is 2.68. The third-order valence-electron chi connectivity index (χ3n) is 6.52. The zero-order valence-electron chi connectivity index (χ0n) is 20.3. The first-order valence-electron chi connectivity index (χ1n) is 10.4. The molecule has 2 unspecified atom stereocenters. The van der Waals surface area contributed by atoms with Crippen LogP contribution in [0.15, 0.2) is 24.3 Å². The zero-order valence-corrected chi connectivity index (χ0v) is 22.3. The van der Waals surface area contributed by atoms with Crippen LogP contribution in [-0.4, -0.2) is 29.1 Å². The maximum Gasteiger partial charge on any atom is 0.194 e. The Labute approximate surface area is 176 Å². The van der Waals surface area contributed by atoms with E-state index in [1.807, 2.05) is 12.1 Å². The van der Waals surface area contributed by atoms with Crippen molar-refractivity contribution in [2.45, 2.75) is 104 Å². The molecule has 1 aromatic rings. The highest BCUT2D eigenvalue weighted by Crippen LogP contribution is 2.40. The van der Waals surface area contributed by atoms with Crippen molar-refractivity contribution in [1.29, 1.82) is 0 Å². The molecule has 0 aliphatic carbocycles. The highest BCUT2D eigenvalue weighted by molar-refractivity contribution is 6.74. The second-order valence-electron chi connectivity index (χ2n) is 11.0. The fourth-order valence-corrected chi connectivity index (χ4v) is 5.32. The van der Waals surface area contributed by atoms with Crippen molar-refractivity contribution in [1.82, 2.24) is 0 Å². The van der Waals surface area contributed by atoms with E-state index < -0.39 is 16.6 Å². The second kappa shape index (κ2) is 8.50. The number of anilines is 2. The van der Waals surface area contributed by atoms with Crippen molar-refractivity contribution in [3.8, 4) is 0 Å². The summed E-state index contributed by atoms with van der Waals surface area (Å²) in [6.45, 7) is 27.1. The summed E-state index contributed by atoms with van der Waals surface area (Å²) < 4.78 is 13.5. The second-order valence-corrected chi connectivity index (χ2v) is 20.5. The lowest BCUT2D eigenvalue weighted by Crippen LogP contribution is -2.54. The molecule has 0 aliphatic heterocycles. The van der Waals surface area contributed by atoms with Gasteiger partial charge < -0.3 is 19.5 Å². The molecule has 0 saturated heterocycles. The summed E-state index contributed by atoms with van der Waals surface area (Å²) in [7, 11) is -3.85. The Hall–Kier alpha value is -0.826. The third-order valence-corrected chi connectivity index (χ3v) is 15.6. The highest BCUT2D eigenvalue weighted by Gasteiger charge is 2.42. The van der Waals surface area contributed by atoms with E-state index in [0.29, 0.717) is 0 Å². The first kappa shape index (κ1) is 25.2. The standard InChI is InChI=1S/C22H44N2O2Si2/c1-17(25-27(9,10)21(3,4)5)24(20-15-13-19(23)14-16-20)18(2)26-28(11,12)22(6,7)8/h13-18H,23H2,1-12H3. The molecule has 0 bridgehead atoms. The van der Waals surface area contributed by atoms with Gasteiger partial charge in [0.05, 0.1) is 0 Å². The number of hydrogen-bond donors (Lipinski definition) is 1. The average molecular weight is 425 g/mol. The topological polar surface area (TPSA) is 47.7 Å². The van der Waals surface area contributed by atoms with Crippen molar-refractivity contribution >= 4 is 28.0 Å². The number of hydrogen-bond acceptors (Lipinski definition) is 4. The van der Waals surface area contributed by atoms with Crippen LogP contribution in [0, 0.1) is 0 Å². The van der Waals surface area contributed by atoms with Crippen LogP contribution < -0.4 is 10.6 Å². The maximum absolute atomic E-state index is 6.74. The monoisotopic (exact) mass is 424 g/mol. The first-order valence-corrected chi connectivity index (χ1v) is 16.2. The first-order chi connectivity index (χ1) is 12.4. The van der Waals surface area contributed by atoms with Gasteiger partial charge in [0.2, 0.25) is 0 Å². The summed E-state index contributed by atoms with van der Waals surface area (Å²) in [4.78, 5) is 2.26. The van der Waals surface area contributed by atoms with Gasteiger partial charge in [-0.05, 0) is 74.4 Å². The minimum absolute atomic E-state index is 0.0933. The Balaban J connectivity index is 3.24. The molecule has 0 fully saturated rings. The molecule has 6 heteroatoms. The van der Waals surface area contributed by atoms with Crippen LogP contribution in [0.1, 0.15) is 55.4 Å². The number of rotatable bonds is 7. The molecule has 1 rings (SSSR count). The van der Waals surface area contributed by atoms with Gasteiger partial charge in [0.25, 0.3) is 0 Å². The Morgan fingerprint density at radius 1 is 0.750 bits per heavy atom. The van der Waals surface area contributed by atoms with Crippen LogP contribution >= 0.6 is 0 Å². The summed E-state index contributed by atoms with van der Waals surface area (Å²) in [5, 5.41) is 0.301. The molecule has 0 saturated carbocycles. The maximum atomic E-state index is 6.74. The molecule has 2 atom stereocenters. The van der Waals surface area contributed by atoms with E-state index in [2.05, 4.69) is 98.6 Å². The van der Waals surface area contributed by atoms with Crippen molar-refractivity contribution in [2.75, 3.05) is 10.6 Å². The predicted molar refractivity (Wildman–Crippen MR) is 129 cm³/mol. The van der Waals surface area contributed by atoms with Gasteiger partial charge in [0.1, 0.15) is 12.5 Å². The van der Waals surface area contributed by atoms with Crippen molar-refractivity contribution in [3.05, 3.63) is 24.3 Å². The molecular weight excluding hydrogens is 380 g/mol. The lowest BCUT2D eigenvalue weighted by atomic mass is 10.2. The predicted octanol–water partition coefficient (Wildman–Crippen LogP) is 6.81. The van der Waals surface area contributed by atoms with Crippen LogP contribution in [-0.2, 0) is 8.85 Å². The van der Waals surface area contributed by atoms with Gasteiger partial charge in [-0.2, -0.15) is 0 Å².